The first kappa shape index (κ1) is 10.3. The summed E-state index contributed by atoms with van der Waals surface area (Å²) in [6.07, 6.45) is 2.06. The molecule has 0 aromatic heterocycles. The van der Waals surface area contributed by atoms with Gasteiger partial charge in [0.1, 0.15) is 0 Å². The fraction of sp³-hybridized carbons (Fsp3) is 0.727. The van der Waals surface area contributed by atoms with E-state index in [1.54, 1.807) is 6.92 Å². The van der Waals surface area contributed by atoms with Gasteiger partial charge in [0.05, 0.1) is 6.04 Å². The molecular weight excluding hydrogens is 162 g/mol. The second kappa shape index (κ2) is 3.95. The minimum atomic E-state index is 0.0902. The van der Waals surface area contributed by atoms with Gasteiger partial charge >= 0.3 is 0 Å². The Morgan fingerprint density at radius 3 is 2.69 bits per heavy atom. The van der Waals surface area contributed by atoms with E-state index in [0.717, 1.165) is 25.1 Å². The third kappa shape index (κ3) is 1.93. The first-order chi connectivity index (χ1) is 6.07. The summed E-state index contributed by atoms with van der Waals surface area (Å²) in [4.78, 5) is 13.6. The molecule has 1 fully saturated rings. The average Bonchev–Trinajstić information content (AvgIpc) is 2.45. The molecule has 0 amide bonds. The molecule has 2 atom stereocenters. The SMILES string of the molecule is C=C(CC)N1CC[C@H](C)C1C(C)=O. The Morgan fingerprint density at radius 2 is 2.23 bits per heavy atom. The maximum absolute atomic E-state index is 11.4. The van der Waals surface area contributed by atoms with Crippen molar-refractivity contribution in [3.8, 4) is 0 Å². The van der Waals surface area contributed by atoms with Crippen molar-refractivity contribution in [1.29, 1.82) is 0 Å². The molecule has 1 heterocycles. The monoisotopic (exact) mass is 181 g/mol. The van der Waals surface area contributed by atoms with Crippen LogP contribution < -0.4 is 0 Å². The van der Waals surface area contributed by atoms with Crippen LogP contribution in [0.5, 0.6) is 0 Å². The molecule has 0 saturated carbocycles. The molecule has 2 heteroatoms. The molecule has 0 radical (unpaired) electrons. The van der Waals surface area contributed by atoms with Gasteiger partial charge in [-0.05, 0) is 25.7 Å². The summed E-state index contributed by atoms with van der Waals surface area (Å²) >= 11 is 0. The number of hydrogen-bond acceptors (Lipinski definition) is 2. The predicted octanol–water partition coefficient (Wildman–Crippen LogP) is 2.21. The van der Waals surface area contributed by atoms with Crippen LogP contribution in [0.25, 0.3) is 0 Å². The summed E-state index contributed by atoms with van der Waals surface area (Å²) < 4.78 is 0. The van der Waals surface area contributed by atoms with Crippen LogP contribution in [0, 0.1) is 5.92 Å². The molecule has 13 heavy (non-hydrogen) atoms. The van der Waals surface area contributed by atoms with Crippen LogP contribution in [0.2, 0.25) is 0 Å². The molecule has 1 saturated heterocycles. The number of carbonyl (C=O) groups excluding carboxylic acids is 1. The van der Waals surface area contributed by atoms with Gasteiger partial charge in [-0.2, -0.15) is 0 Å². The Bertz CT molecular complexity index is 222. The maximum Gasteiger partial charge on any atom is 0.152 e. The molecule has 0 bridgehead atoms. The standard InChI is InChI=1S/C11H19NO/c1-5-9(3)12-7-6-8(2)11(12)10(4)13/h8,11H,3,5-7H2,1-2,4H3/t8-,11?/m0/s1. The Kier molecular flexibility index (Phi) is 3.12. The lowest BCUT2D eigenvalue weighted by Gasteiger charge is -2.27. The zero-order valence-corrected chi connectivity index (χ0v) is 8.84. The Labute approximate surface area is 80.6 Å². The van der Waals surface area contributed by atoms with Gasteiger partial charge in [-0.15, -0.1) is 0 Å². The summed E-state index contributed by atoms with van der Waals surface area (Å²) in [5.74, 6) is 0.764. The molecule has 1 unspecified atom stereocenters. The molecule has 1 aliphatic rings. The van der Waals surface area contributed by atoms with Crippen molar-refractivity contribution in [3.05, 3.63) is 12.3 Å². The van der Waals surface area contributed by atoms with E-state index in [9.17, 15) is 4.79 Å². The van der Waals surface area contributed by atoms with E-state index >= 15 is 0 Å². The third-order valence-corrected chi connectivity index (χ3v) is 2.93. The average molecular weight is 181 g/mol. The second-order valence-electron chi connectivity index (χ2n) is 3.93. The van der Waals surface area contributed by atoms with Crippen molar-refractivity contribution in [1.82, 2.24) is 4.90 Å². The van der Waals surface area contributed by atoms with Crippen LogP contribution in [-0.4, -0.2) is 23.3 Å². The van der Waals surface area contributed by atoms with Gasteiger partial charge in [0, 0.05) is 12.2 Å². The summed E-state index contributed by atoms with van der Waals surface area (Å²) in [7, 11) is 0. The highest BCUT2D eigenvalue weighted by atomic mass is 16.1. The molecule has 1 rings (SSSR count). The van der Waals surface area contributed by atoms with Crippen molar-refractivity contribution in [2.45, 2.75) is 39.7 Å². The molecule has 0 aliphatic carbocycles. The van der Waals surface area contributed by atoms with Gasteiger partial charge in [-0.25, -0.2) is 0 Å². The van der Waals surface area contributed by atoms with E-state index in [1.165, 1.54) is 0 Å². The van der Waals surface area contributed by atoms with Gasteiger partial charge in [0.15, 0.2) is 5.78 Å². The summed E-state index contributed by atoms with van der Waals surface area (Å²) in [5.41, 5.74) is 1.10. The lowest BCUT2D eigenvalue weighted by molar-refractivity contribution is -0.121. The van der Waals surface area contributed by atoms with E-state index in [1.807, 2.05) is 0 Å². The molecular formula is C11H19NO. The molecule has 0 aromatic carbocycles. The van der Waals surface area contributed by atoms with Gasteiger partial charge in [-0.3, -0.25) is 4.79 Å². The van der Waals surface area contributed by atoms with Crippen molar-refractivity contribution >= 4 is 5.78 Å². The number of hydrogen-bond donors (Lipinski definition) is 0. The number of Topliss-reactive ketones (excluding diaryl/α,β-unsaturated/α-hetero) is 1. The van der Waals surface area contributed by atoms with Gasteiger partial charge in [0.2, 0.25) is 0 Å². The first-order valence-electron chi connectivity index (χ1n) is 5.02. The Balaban J connectivity index is 2.75. The van der Waals surface area contributed by atoms with Crippen LogP contribution >= 0.6 is 0 Å². The summed E-state index contributed by atoms with van der Waals surface area (Å²) in [6, 6.07) is 0.0902. The van der Waals surface area contributed by atoms with Crippen LogP contribution in [0.3, 0.4) is 0 Å². The van der Waals surface area contributed by atoms with Crippen molar-refractivity contribution < 1.29 is 4.79 Å². The van der Waals surface area contributed by atoms with E-state index in [-0.39, 0.29) is 11.8 Å². The van der Waals surface area contributed by atoms with Crippen molar-refractivity contribution in [2.24, 2.45) is 5.92 Å². The normalized spacial score (nSPS) is 27.8. The van der Waals surface area contributed by atoms with Crippen LogP contribution in [0.4, 0.5) is 0 Å². The van der Waals surface area contributed by atoms with E-state index in [4.69, 9.17) is 0 Å². The topological polar surface area (TPSA) is 20.3 Å². The first-order valence-corrected chi connectivity index (χ1v) is 5.02. The zero-order valence-electron chi connectivity index (χ0n) is 8.84. The van der Waals surface area contributed by atoms with Gasteiger partial charge in [0.25, 0.3) is 0 Å². The molecule has 1 aliphatic heterocycles. The molecule has 2 nitrogen and oxygen atoms in total. The second-order valence-corrected chi connectivity index (χ2v) is 3.93. The number of allylic oxidation sites excluding steroid dienone is 1. The van der Waals surface area contributed by atoms with E-state index in [0.29, 0.717) is 5.92 Å². The number of likely N-dealkylation sites (tertiary alicyclic amines) is 1. The van der Waals surface area contributed by atoms with Crippen LogP contribution in [-0.2, 0) is 4.79 Å². The Morgan fingerprint density at radius 1 is 1.62 bits per heavy atom. The summed E-state index contributed by atoms with van der Waals surface area (Å²) in [5, 5.41) is 0. The smallest absolute Gasteiger partial charge is 0.152 e. The van der Waals surface area contributed by atoms with Crippen LogP contribution in [0.15, 0.2) is 12.3 Å². The zero-order chi connectivity index (χ0) is 10.0. The minimum Gasteiger partial charge on any atom is -0.365 e. The largest absolute Gasteiger partial charge is 0.365 e. The quantitative estimate of drug-likeness (QED) is 0.665. The highest BCUT2D eigenvalue weighted by Gasteiger charge is 2.34. The fourth-order valence-electron chi connectivity index (χ4n) is 2.12. The molecule has 0 spiro atoms. The number of carbonyl (C=O) groups is 1. The van der Waals surface area contributed by atoms with Gasteiger partial charge < -0.3 is 4.90 Å². The summed E-state index contributed by atoms with van der Waals surface area (Å²) in [6.45, 7) is 10.9. The minimum absolute atomic E-state index is 0.0902. The fourth-order valence-corrected chi connectivity index (χ4v) is 2.12. The number of rotatable bonds is 3. The van der Waals surface area contributed by atoms with Crippen molar-refractivity contribution in [3.63, 3.8) is 0 Å². The van der Waals surface area contributed by atoms with E-state index < -0.39 is 0 Å². The van der Waals surface area contributed by atoms with E-state index in [2.05, 4.69) is 25.3 Å². The lowest BCUT2D eigenvalue weighted by Crippen LogP contribution is -2.36. The molecule has 74 valence electrons. The highest BCUT2D eigenvalue weighted by Crippen LogP contribution is 2.28. The number of ketones is 1. The molecule has 0 N–H and O–H groups in total. The number of nitrogens with zero attached hydrogens (tertiary/aromatic N) is 1. The lowest BCUT2D eigenvalue weighted by atomic mass is 9.99. The van der Waals surface area contributed by atoms with Crippen molar-refractivity contribution in [2.75, 3.05) is 6.54 Å². The van der Waals surface area contributed by atoms with Crippen LogP contribution in [0.1, 0.15) is 33.6 Å². The maximum atomic E-state index is 11.4. The molecule has 0 aromatic rings. The Hall–Kier alpha value is -0.790. The highest BCUT2D eigenvalue weighted by molar-refractivity contribution is 5.82. The predicted molar refractivity (Wildman–Crippen MR) is 54.4 cm³/mol. The third-order valence-electron chi connectivity index (χ3n) is 2.93. The van der Waals surface area contributed by atoms with Gasteiger partial charge in [-0.1, -0.05) is 20.4 Å².